The molecule has 0 fully saturated rings. The maximum absolute atomic E-state index is 13.4. The molecule has 1 amide bonds. The van der Waals surface area contributed by atoms with Crippen LogP contribution in [0.15, 0.2) is 59.8 Å². The molecule has 1 heterocycles. The van der Waals surface area contributed by atoms with Gasteiger partial charge in [0.2, 0.25) is 5.96 Å². The Labute approximate surface area is 195 Å². The van der Waals surface area contributed by atoms with Crippen LogP contribution in [0.2, 0.25) is 0 Å². The summed E-state index contributed by atoms with van der Waals surface area (Å²) in [6.07, 6.45) is -1.62. The van der Waals surface area contributed by atoms with Crippen molar-refractivity contribution >= 4 is 11.9 Å². The summed E-state index contributed by atoms with van der Waals surface area (Å²) in [5, 5.41) is 6.92. The Morgan fingerprint density at radius 3 is 2.41 bits per heavy atom. The summed E-state index contributed by atoms with van der Waals surface area (Å²) in [5.41, 5.74) is 11.2. The van der Waals surface area contributed by atoms with Crippen molar-refractivity contribution in [3.05, 3.63) is 77.1 Å². The van der Waals surface area contributed by atoms with Crippen LogP contribution < -0.4 is 16.8 Å². The lowest BCUT2D eigenvalue weighted by molar-refractivity contribution is -0.137. The molecule has 34 heavy (non-hydrogen) atoms. The van der Waals surface area contributed by atoms with Crippen molar-refractivity contribution in [3.8, 4) is 0 Å². The molecule has 0 spiro atoms. The minimum Gasteiger partial charge on any atom is -0.397 e. The lowest BCUT2D eigenvalue weighted by Crippen LogP contribution is -2.29. The van der Waals surface area contributed by atoms with Crippen LogP contribution in [0.25, 0.3) is 0 Å². The van der Waals surface area contributed by atoms with Gasteiger partial charge in [0.1, 0.15) is 0 Å². The monoisotopic (exact) mass is 480 g/mol. The molecule has 0 aliphatic rings. The van der Waals surface area contributed by atoms with Gasteiger partial charge < -0.3 is 16.8 Å². The Hall–Kier alpha value is -3.63. The third kappa shape index (κ3) is 7.19. The Kier molecular flexibility index (Phi) is 8.61. The Morgan fingerprint density at radius 1 is 1.26 bits per heavy atom. The van der Waals surface area contributed by atoms with Crippen molar-refractivity contribution in [2.75, 3.05) is 6.54 Å². The fourth-order valence-electron chi connectivity index (χ4n) is 3.23. The van der Waals surface area contributed by atoms with E-state index in [1.54, 1.807) is 6.92 Å². The van der Waals surface area contributed by atoms with E-state index in [9.17, 15) is 22.4 Å². The fraction of sp³-hybridized carbons (Fsp3) is 0.348. The quantitative estimate of drug-likeness (QED) is 0.227. The summed E-state index contributed by atoms with van der Waals surface area (Å²) < 4.78 is 53.2. The summed E-state index contributed by atoms with van der Waals surface area (Å²) in [7, 11) is 0. The van der Waals surface area contributed by atoms with Crippen LogP contribution in [-0.4, -0.2) is 28.2 Å². The van der Waals surface area contributed by atoms with E-state index in [1.165, 1.54) is 18.3 Å². The molecule has 5 N–H and O–H groups in total. The topological polar surface area (TPSA) is 111 Å². The van der Waals surface area contributed by atoms with Gasteiger partial charge in [-0.25, -0.2) is 14.1 Å². The van der Waals surface area contributed by atoms with Crippen LogP contribution in [0.4, 0.5) is 17.6 Å². The van der Waals surface area contributed by atoms with Gasteiger partial charge in [0, 0.05) is 18.7 Å². The van der Waals surface area contributed by atoms with Crippen molar-refractivity contribution in [3.63, 3.8) is 0 Å². The molecule has 184 valence electrons. The predicted molar refractivity (Wildman–Crippen MR) is 122 cm³/mol. The highest BCUT2D eigenvalue weighted by atomic mass is 19.4. The number of halogens is 4. The zero-order valence-corrected chi connectivity index (χ0v) is 19.2. The van der Waals surface area contributed by atoms with E-state index in [4.69, 9.17) is 11.5 Å². The Bertz CT molecular complexity index is 1080. The first kappa shape index (κ1) is 26.6. The number of alkyl halides is 3. The van der Waals surface area contributed by atoms with Gasteiger partial charge in [0.25, 0.3) is 5.91 Å². The van der Waals surface area contributed by atoms with Gasteiger partial charge in [0.05, 0.1) is 28.7 Å². The van der Waals surface area contributed by atoms with Crippen LogP contribution in [0, 0.1) is 12.8 Å². The Morgan fingerprint density at radius 2 is 1.88 bits per heavy atom. The predicted octanol–water partition coefficient (Wildman–Crippen LogP) is 4.22. The van der Waals surface area contributed by atoms with E-state index in [1.807, 2.05) is 13.8 Å². The number of nitrogens with one attached hydrogen (secondary N) is 1. The van der Waals surface area contributed by atoms with E-state index in [0.717, 1.165) is 23.0 Å². The summed E-state index contributed by atoms with van der Waals surface area (Å²) in [6, 6.07) is 4.95. The van der Waals surface area contributed by atoms with Crippen LogP contribution in [0.5, 0.6) is 0 Å². The first-order valence-corrected chi connectivity index (χ1v) is 10.4. The molecule has 0 bridgehead atoms. The van der Waals surface area contributed by atoms with Crippen molar-refractivity contribution in [1.29, 1.82) is 0 Å². The second kappa shape index (κ2) is 11.0. The largest absolute Gasteiger partial charge is 0.416 e. The van der Waals surface area contributed by atoms with Crippen molar-refractivity contribution in [1.82, 2.24) is 15.1 Å². The number of amides is 1. The third-order valence-electron chi connectivity index (χ3n) is 4.97. The van der Waals surface area contributed by atoms with Crippen molar-refractivity contribution in [2.45, 2.75) is 39.3 Å². The van der Waals surface area contributed by atoms with Gasteiger partial charge in [-0.3, -0.25) is 4.79 Å². The molecule has 11 heteroatoms. The minimum absolute atomic E-state index is 0.189. The summed E-state index contributed by atoms with van der Waals surface area (Å²) >= 11 is 0. The normalized spacial score (nSPS) is 13.8. The van der Waals surface area contributed by atoms with Crippen molar-refractivity contribution in [2.24, 2.45) is 22.4 Å². The molecular weight excluding hydrogens is 452 g/mol. The van der Waals surface area contributed by atoms with Gasteiger partial charge >= 0.3 is 6.18 Å². The zero-order chi connectivity index (χ0) is 25.6. The van der Waals surface area contributed by atoms with E-state index in [-0.39, 0.29) is 35.6 Å². The molecule has 1 unspecified atom stereocenters. The van der Waals surface area contributed by atoms with Crippen LogP contribution in [0.3, 0.4) is 0 Å². The minimum atomic E-state index is -4.41. The smallest absolute Gasteiger partial charge is 0.397 e. The zero-order valence-electron chi connectivity index (χ0n) is 19.2. The van der Waals surface area contributed by atoms with Crippen LogP contribution >= 0.6 is 0 Å². The summed E-state index contributed by atoms with van der Waals surface area (Å²) in [5.74, 6) is -1.42. The second-order valence-electron chi connectivity index (χ2n) is 8.22. The number of hydrogen-bond acceptors (Lipinski definition) is 4. The number of aliphatic imine (C=N–C) groups is 1. The van der Waals surface area contributed by atoms with Gasteiger partial charge in [-0.05, 0) is 37.0 Å². The molecule has 1 atom stereocenters. The summed E-state index contributed by atoms with van der Waals surface area (Å²) in [4.78, 5) is 16.5. The number of carbonyl (C=O) groups excluding carboxylic acids is 1. The van der Waals surface area contributed by atoms with Gasteiger partial charge in [0.15, 0.2) is 5.83 Å². The average molecular weight is 481 g/mol. The second-order valence-corrected chi connectivity index (χ2v) is 8.22. The first-order valence-electron chi connectivity index (χ1n) is 10.4. The van der Waals surface area contributed by atoms with Gasteiger partial charge in [-0.15, -0.1) is 0 Å². The number of aryl methyl sites for hydroxylation is 1. The molecule has 0 saturated heterocycles. The maximum Gasteiger partial charge on any atom is 0.416 e. The lowest BCUT2D eigenvalue weighted by Gasteiger charge is -2.21. The number of hydrogen-bond donors (Lipinski definition) is 3. The number of nitrogens with two attached hydrogens (primary N) is 2. The average Bonchev–Trinajstić information content (AvgIpc) is 3.15. The van der Waals surface area contributed by atoms with E-state index in [2.05, 4.69) is 22.0 Å². The van der Waals surface area contributed by atoms with Gasteiger partial charge in [-0.2, -0.15) is 18.3 Å². The number of benzene rings is 1. The molecule has 2 rings (SSSR count). The highest BCUT2D eigenvalue weighted by Crippen LogP contribution is 2.31. The Balaban J connectivity index is 2.16. The van der Waals surface area contributed by atoms with Crippen molar-refractivity contribution < 1.29 is 22.4 Å². The summed E-state index contributed by atoms with van der Waals surface area (Å²) in [6.45, 7) is 9.03. The van der Waals surface area contributed by atoms with E-state index >= 15 is 0 Å². The molecule has 0 saturated carbocycles. The molecule has 1 aromatic heterocycles. The molecule has 0 radical (unpaired) electrons. The van der Waals surface area contributed by atoms with Crippen LogP contribution in [0.1, 0.15) is 53.4 Å². The highest BCUT2D eigenvalue weighted by Gasteiger charge is 2.30. The van der Waals surface area contributed by atoms with E-state index in [0.29, 0.717) is 17.7 Å². The standard InChI is InChI=1S/C23H28F4N6O/c1-13(2)9-17(16-5-7-18(8-6-16)23(25,26)27)10-30-21(34)19-12-33(32-15(19)4)22(29)31-11-20(24)14(3)28/h5-8,11-13,17H,3,9-10,28H2,1-2,4H3,(H2,29,31)(H,30,34)/b20-11+. The molecule has 0 aliphatic heterocycles. The third-order valence-corrected chi connectivity index (χ3v) is 4.97. The molecule has 7 nitrogen and oxygen atoms in total. The maximum atomic E-state index is 13.4. The van der Waals surface area contributed by atoms with Gasteiger partial charge in [-0.1, -0.05) is 32.6 Å². The van der Waals surface area contributed by atoms with Crippen LogP contribution in [-0.2, 0) is 6.18 Å². The number of rotatable bonds is 8. The number of aromatic nitrogens is 2. The highest BCUT2D eigenvalue weighted by molar-refractivity contribution is 5.96. The molecule has 2 aromatic rings. The number of carbonyl (C=O) groups is 1. The molecule has 1 aromatic carbocycles. The molecular formula is C23H28F4N6O. The lowest BCUT2D eigenvalue weighted by atomic mass is 9.89. The first-order chi connectivity index (χ1) is 15.8. The number of allylic oxidation sites excluding steroid dienone is 1. The molecule has 0 aliphatic carbocycles. The fourth-order valence-corrected chi connectivity index (χ4v) is 3.23. The number of nitrogens with zero attached hydrogens (tertiary/aromatic N) is 3. The van der Waals surface area contributed by atoms with E-state index < -0.39 is 23.5 Å². The SMILES string of the molecule is C=C(N)/C(F)=C\N=C(/N)n1cc(C(=O)NCC(CC(C)C)c2ccc(C(F)(F)F)cc2)c(C)n1.